The number of aryl methyl sites for hydroxylation is 2. The number of pyridine rings is 1. The highest BCUT2D eigenvalue weighted by Crippen LogP contribution is 2.26. The van der Waals surface area contributed by atoms with Gasteiger partial charge < -0.3 is 10.5 Å². The number of fused-ring (bicyclic) bond motifs is 1. The van der Waals surface area contributed by atoms with Gasteiger partial charge in [0.25, 0.3) is 5.91 Å². The highest BCUT2D eigenvalue weighted by Gasteiger charge is 2.25. The van der Waals surface area contributed by atoms with Crippen molar-refractivity contribution in [3.8, 4) is 5.75 Å². The first-order valence-corrected chi connectivity index (χ1v) is 8.23. The molecule has 0 saturated carbocycles. The molecular formula is C19H21N3O3. The number of nitrogens with two attached hydrogens (primary N) is 1. The lowest BCUT2D eigenvalue weighted by Crippen LogP contribution is -2.38. The van der Waals surface area contributed by atoms with Crippen molar-refractivity contribution < 1.29 is 14.3 Å². The number of carbonyl (C=O) groups excluding carboxylic acids is 2. The van der Waals surface area contributed by atoms with Crippen LogP contribution in [0.2, 0.25) is 0 Å². The molecule has 0 spiro atoms. The minimum atomic E-state index is -0.591. The predicted molar refractivity (Wildman–Crippen MR) is 94.9 cm³/mol. The van der Waals surface area contributed by atoms with E-state index >= 15 is 0 Å². The lowest BCUT2D eigenvalue weighted by atomic mass is 10.0. The Labute approximate surface area is 146 Å². The Kier molecular flexibility index (Phi) is 4.70. The molecule has 0 atom stereocenters. The van der Waals surface area contributed by atoms with Crippen molar-refractivity contribution in [3.05, 3.63) is 52.7 Å². The minimum Gasteiger partial charge on any atom is -0.497 e. The van der Waals surface area contributed by atoms with E-state index in [0.717, 1.165) is 35.3 Å². The normalized spacial score (nSPS) is 13.3. The molecule has 0 aliphatic carbocycles. The number of ether oxygens (including phenoxy) is 1. The van der Waals surface area contributed by atoms with Gasteiger partial charge in [0, 0.05) is 6.54 Å². The first-order valence-electron chi connectivity index (χ1n) is 8.23. The molecule has 1 aromatic carbocycles. The number of benzene rings is 1. The number of hydrogen-bond acceptors (Lipinski definition) is 4. The SMILES string of the molecule is COc1ccc(CC(=O)N2CCCc3ccc(C(N)=O)nc32)c(C)c1. The summed E-state index contributed by atoms with van der Waals surface area (Å²) in [6, 6.07) is 9.12. The molecule has 2 heterocycles. The Morgan fingerprint density at radius 3 is 2.76 bits per heavy atom. The number of methoxy groups -OCH3 is 1. The molecule has 130 valence electrons. The van der Waals surface area contributed by atoms with Crippen LogP contribution >= 0.6 is 0 Å². The lowest BCUT2D eigenvalue weighted by Gasteiger charge is -2.28. The van der Waals surface area contributed by atoms with Crippen molar-refractivity contribution in [3.63, 3.8) is 0 Å². The topological polar surface area (TPSA) is 85.5 Å². The van der Waals surface area contributed by atoms with Crippen LogP contribution in [0.4, 0.5) is 5.82 Å². The second-order valence-electron chi connectivity index (χ2n) is 6.16. The average molecular weight is 339 g/mol. The number of aromatic nitrogens is 1. The second kappa shape index (κ2) is 6.93. The number of carbonyl (C=O) groups is 2. The molecule has 3 rings (SSSR count). The summed E-state index contributed by atoms with van der Waals surface area (Å²) in [6.45, 7) is 2.55. The summed E-state index contributed by atoms with van der Waals surface area (Å²) in [4.78, 5) is 30.2. The zero-order valence-electron chi connectivity index (χ0n) is 14.4. The highest BCUT2D eigenvalue weighted by atomic mass is 16.5. The van der Waals surface area contributed by atoms with E-state index in [9.17, 15) is 9.59 Å². The maximum absolute atomic E-state index is 12.9. The number of rotatable bonds is 4. The van der Waals surface area contributed by atoms with Gasteiger partial charge in [0.05, 0.1) is 13.5 Å². The van der Waals surface area contributed by atoms with E-state index in [0.29, 0.717) is 12.4 Å². The van der Waals surface area contributed by atoms with Gasteiger partial charge in [-0.15, -0.1) is 0 Å². The van der Waals surface area contributed by atoms with Crippen molar-refractivity contribution in [2.45, 2.75) is 26.2 Å². The Morgan fingerprint density at radius 2 is 2.08 bits per heavy atom. The van der Waals surface area contributed by atoms with Crippen LogP contribution in [-0.2, 0) is 17.6 Å². The molecule has 6 heteroatoms. The van der Waals surface area contributed by atoms with Gasteiger partial charge in [-0.2, -0.15) is 0 Å². The number of nitrogens with zero attached hydrogens (tertiary/aromatic N) is 2. The number of amides is 2. The van der Waals surface area contributed by atoms with Gasteiger partial charge in [0.2, 0.25) is 5.91 Å². The van der Waals surface area contributed by atoms with Crippen LogP contribution in [0.3, 0.4) is 0 Å². The third-order valence-corrected chi connectivity index (χ3v) is 4.48. The van der Waals surface area contributed by atoms with Gasteiger partial charge in [-0.3, -0.25) is 14.5 Å². The number of primary amides is 1. The Bertz CT molecular complexity index is 833. The van der Waals surface area contributed by atoms with Crippen molar-refractivity contribution in [2.75, 3.05) is 18.6 Å². The van der Waals surface area contributed by atoms with E-state index in [1.165, 1.54) is 0 Å². The monoisotopic (exact) mass is 339 g/mol. The molecule has 0 bridgehead atoms. The van der Waals surface area contributed by atoms with Crippen LogP contribution in [0.1, 0.15) is 33.6 Å². The van der Waals surface area contributed by atoms with E-state index in [1.54, 1.807) is 18.1 Å². The summed E-state index contributed by atoms with van der Waals surface area (Å²) in [5, 5.41) is 0. The molecule has 2 aromatic rings. The molecule has 1 aliphatic heterocycles. The summed E-state index contributed by atoms with van der Waals surface area (Å²) in [6.07, 6.45) is 1.99. The fourth-order valence-corrected chi connectivity index (χ4v) is 3.07. The van der Waals surface area contributed by atoms with Crippen molar-refractivity contribution in [2.24, 2.45) is 5.73 Å². The molecule has 1 aromatic heterocycles. The molecule has 0 unspecified atom stereocenters. The summed E-state index contributed by atoms with van der Waals surface area (Å²) in [5.74, 6) is 0.693. The van der Waals surface area contributed by atoms with Crippen LogP contribution in [0, 0.1) is 6.92 Å². The maximum Gasteiger partial charge on any atom is 0.267 e. The molecule has 2 amide bonds. The molecule has 1 aliphatic rings. The van der Waals surface area contributed by atoms with Gasteiger partial charge in [-0.25, -0.2) is 4.98 Å². The predicted octanol–water partition coefficient (Wildman–Crippen LogP) is 2.02. The number of hydrogen-bond donors (Lipinski definition) is 1. The highest BCUT2D eigenvalue weighted by molar-refractivity contribution is 5.96. The van der Waals surface area contributed by atoms with Crippen LogP contribution in [0.15, 0.2) is 30.3 Å². The second-order valence-corrected chi connectivity index (χ2v) is 6.16. The first kappa shape index (κ1) is 17.0. The zero-order valence-corrected chi connectivity index (χ0v) is 14.4. The van der Waals surface area contributed by atoms with E-state index in [-0.39, 0.29) is 18.0 Å². The van der Waals surface area contributed by atoms with Gasteiger partial charge in [-0.05, 0) is 54.7 Å². The standard InChI is InChI=1S/C19H21N3O3/c1-12-10-15(25-2)7-5-14(12)11-17(23)22-9-3-4-13-6-8-16(18(20)24)21-19(13)22/h5-8,10H,3-4,9,11H2,1-2H3,(H2,20,24). The lowest BCUT2D eigenvalue weighted by molar-refractivity contribution is -0.118. The third kappa shape index (κ3) is 3.47. The zero-order chi connectivity index (χ0) is 18.0. The minimum absolute atomic E-state index is 0.0386. The Morgan fingerprint density at radius 1 is 1.28 bits per heavy atom. The van der Waals surface area contributed by atoms with E-state index in [1.807, 2.05) is 31.2 Å². The van der Waals surface area contributed by atoms with Crippen molar-refractivity contribution in [1.82, 2.24) is 4.98 Å². The van der Waals surface area contributed by atoms with Crippen LogP contribution in [0.25, 0.3) is 0 Å². The van der Waals surface area contributed by atoms with Crippen LogP contribution in [-0.4, -0.2) is 30.5 Å². The van der Waals surface area contributed by atoms with E-state index in [2.05, 4.69) is 4.98 Å². The summed E-state index contributed by atoms with van der Waals surface area (Å²) < 4.78 is 5.20. The quantitative estimate of drug-likeness (QED) is 0.923. The number of anilines is 1. The summed E-state index contributed by atoms with van der Waals surface area (Å²) in [7, 11) is 1.62. The van der Waals surface area contributed by atoms with Crippen molar-refractivity contribution >= 4 is 17.6 Å². The summed E-state index contributed by atoms with van der Waals surface area (Å²) in [5.41, 5.74) is 8.42. The largest absolute Gasteiger partial charge is 0.497 e. The first-order chi connectivity index (χ1) is 12.0. The van der Waals surface area contributed by atoms with Crippen molar-refractivity contribution in [1.29, 1.82) is 0 Å². The summed E-state index contributed by atoms with van der Waals surface area (Å²) >= 11 is 0. The maximum atomic E-state index is 12.9. The third-order valence-electron chi connectivity index (χ3n) is 4.48. The molecular weight excluding hydrogens is 318 g/mol. The van der Waals surface area contributed by atoms with Gasteiger partial charge >= 0.3 is 0 Å². The van der Waals surface area contributed by atoms with Crippen LogP contribution in [0.5, 0.6) is 5.75 Å². The van der Waals surface area contributed by atoms with E-state index in [4.69, 9.17) is 10.5 Å². The van der Waals surface area contributed by atoms with Crippen LogP contribution < -0.4 is 15.4 Å². The fraction of sp³-hybridized carbons (Fsp3) is 0.316. The van der Waals surface area contributed by atoms with E-state index < -0.39 is 5.91 Å². The Balaban J connectivity index is 1.87. The molecule has 25 heavy (non-hydrogen) atoms. The van der Waals surface area contributed by atoms with Gasteiger partial charge in [-0.1, -0.05) is 12.1 Å². The van der Waals surface area contributed by atoms with Gasteiger partial charge in [0.1, 0.15) is 17.3 Å². The molecule has 0 saturated heterocycles. The Hall–Kier alpha value is -2.89. The smallest absolute Gasteiger partial charge is 0.267 e. The fourth-order valence-electron chi connectivity index (χ4n) is 3.07. The molecule has 6 nitrogen and oxygen atoms in total. The average Bonchev–Trinajstić information content (AvgIpc) is 2.62. The molecule has 2 N–H and O–H groups in total. The van der Waals surface area contributed by atoms with Gasteiger partial charge in [0.15, 0.2) is 0 Å². The molecule has 0 fully saturated rings. The molecule has 0 radical (unpaired) electrons.